The second-order valence-electron chi connectivity index (χ2n) is 5.36. The zero-order valence-corrected chi connectivity index (χ0v) is 11.4. The predicted octanol–water partition coefficient (Wildman–Crippen LogP) is 3.32. The first kappa shape index (κ1) is 12.7. The van der Waals surface area contributed by atoms with Crippen molar-refractivity contribution in [3.63, 3.8) is 0 Å². The monoisotopic (exact) mass is 241 g/mol. The first-order valence-electron chi connectivity index (χ1n) is 6.26. The van der Waals surface area contributed by atoms with Crippen molar-refractivity contribution in [3.8, 4) is 0 Å². The van der Waals surface area contributed by atoms with Crippen LogP contribution in [0.3, 0.4) is 0 Å². The van der Waals surface area contributed by atoms with Crippen molar-refractivity contribution < 1.29 is 0 Å². The first-order valence-corrected chi connectivity index (χ1v) is 6.26. The lowest BCUT2D eigenvalue weighted by molar-refractivity contribution is 0.594. The van der Waals surface area contributed by atoms with E-state index in [1.807, 2.05) is 12.3 Å². The summed E-state index contributed by atoms with van der Waals surface area (Å²) in [5, 5.41) is 8.67. The van der Waals surface area contributed by atoms with Crippen LogP contribution in [0.4, 0.5) is 0 Å². The van der Waals surface area contributed by atoms with Crippen LogP contribution in [0.15, 0.2) is 36.7 Å². The van der Waals surface area contributed by atoms with Gasteiger partial charge in [-0.3, -0.25) is 4.98 Å². The van der Waals surface area contributed by atoms with Gasteiger partial charge in [0.15, 0.2) is 0 Å². The minimum Gasteiger partial charge on any atom is -0.264 e. The third-order valence-electron chi connectivity index (χ3n) is 3.30. The first-order chi connectivity index (χ1) is 8.51. The van der Waals surface area contributed by atoms with Gasteiger partial charge in [-0.1, -0.05) is 33.8 Å². The van der Waals surface area contributed by atoms with Gasteiger partial charge in [0.05, 0.1) is 11.4 Å². The molecule has 3 heteroatoms. The Balaban J connectivity index is 2.36. The largest absolute Gasteiger partial charge is 0.264 e. The van der Waals surface area contributed by atoms with Gasteiger partial charge in [0.25, 0.3) is 0 Å². The maximum atomic E-state index is 4.37. The summed E-state index contributed by atoms with van der Waals surface area (Å²) >= 11 is 0. The molecule has 0 bridgehead atoms. The lowest BCUT2D eigenvalue weighted by Gasteiger charge is -2.23. The summed E-state index contributed by atoms with van der Waals surface area (Å²) in [6, 6.07) is 8.15. The standard InChI is InChI=1S/C15H19N3/c1-11(2)13-7-8-14(18-17-13)15(3,4)12-6-5-9-16-10-12/h5-11H,1-4H3. The highest BCUT2D eigenvalue weighted by Crippen LogP contribution is 2.29. The Kier molecular flexibility index (Phi) is 3.41. The number of pyridine rings is 1. The molecule has 0 atom stereocenters. The molecule has 0 saturated carbocycles. The van der Waals surface area contributed by atoms with Crippen LogP contribution < -0.4 is 0 Å². The number of rotatable bonds is 3. The SMILES string of the molecule is CC(C)c1ccc(C(C)(C)c2cccnc2)nn1. The van der Waals surface area contributed by atoms with E-state index >= 15 is 0 Å². The molecule has 18 heavy (non-hydrogen) atoms. The van der Waals surface area contributed by atoms with E-state index in [0.29, 0.717) is 5.92 Å². The summed E-state index contributed by atoms with van der Waals surface area (Å²) in [5.74, 6) is 0.410. The Bertz CT molecular complexity index is 501. The molecule has 0 unspecified atom stereocenters. The molecule has 0 spiro atoms. The van der Waals surface area contributed by atoms with Crippen LogP contribution >= 0.6 is 0 Å². The van der Waals surface area contributed by atoms with Gasteiger partial charge in [0, 0.05) is 17.8 Å². The summed E-state index contributed by atoms with van der Waals surface area (Å²) in [6.07, 6.45) is 3.67. The quantitative estimate of drug-likeness (QED) is 0.827. The van der Waals surface area contributed by atoms with E-state index < -0.39 is 0 Å². The van der Waals surface area contributed by atoms with E-state index in [9.17, 15) is 0 Å². The Hall–Kier alpha value is -1.77. The molecule has 2 heterocycles. The molecule has 94 valence electrons. The van der Waals surface area contributed by atoms with Gasteiger partial charge in [-0.2, -0.15) is 10.2 Å². The van der Waals surface area contributed by atoms with Gasteiger partial charge in [-0.25, -0.2) is 0 Å². The topological polar surface area (TPSA) is 38.7 Å². The minimum atomic E-state index is -0.170. The fraction of sp³-hybridized carbons (Fsp3) is 0.400. The molecule has 3 nitrogen and oxygen atoms in total. The van der Waals surface area contributed by atoms with E-state index in [-0.39, 0.29) is 5.41 Å². The zero-order valence-electron chi connectivity index (χ0n) is 11.4. The molecule has 0 saturated heterocycles. The second kappa shape index (κ2) is 4.84. The van der Waals surface area contributed by atoms with Crippen LogP contribution in [-0.2, 0) is 5.41 Å². The van der Waals surface area contributed by atoms with Crippen LogP contribution in [-0.4, -0.2) is 15.2 Å². The molecule has 0 aliphatic carbocycles. The summed E-state index contributed by atoms with van der Waals surface area (Å²) < 4.78 is 0. The highest BCUT2D eigenvalue weighted by Gasteiger charge is 2.25. The molecule has 2 rings (SSSR count). The molecule has 0 aliphatic rings. The highest BCUT2D eigenvalue weighted by molar-refractivity contribution is 5.31. The Morgan fingerprint density at radius 2 is 1.83 bits per heavy atom. The molecule has 0 fully saturated rings. The van der Waals surface area contributed by atoms with Crippen molar-refractivity contribution in [2.75, 3.05) is 0 Å². The van der Waals surface area contributed by atoms with Crippen LogP contribution in [0.5, 0.6) is 0 Å². The third-order valence-corrected chi connectivity index (χ3v) is 3.30. The van der Waals surface area contributed by atoms with E-state index in [4.69, 9.17) is 0 Å². The third kappa shape index (κ3) is 2.40. The number of aromatic nitrogens is 3. The zero-order chi connectivity index (χ0) is 13.2. The molecule has 0 N–H and O–H groups in total. The molecule has 2 aromatic rings. The number of nitrogens with zero attached hydrogens (tertiary/aromatic N) is 3. The van der Waals surface area contributed by atoms with Crippen molar-refractivity contribution in [2.45, 2.75) is 39.0 Å². The van der Waals surface area contributed by atoms with Crippen molar-refractivity contribution in [1.29, 1.82) is 0 Å². The maximum absolute atomic E-state index is 4.37. The van der Waals surface area contributed by atoms with Crippen LogP contribution in [0.25, 0.3) is 0 Å². The fourth-order valence-corrected chi connectivity index (χ4v) is 1.86. The molecular weight excluding hydrogens is 222 g/mol. The summed E-state index contributed by atoms with van der Waals surface area (Å²) in [5.41, 5.74) is 2.98. The summed E-state index contributed by atoms with van der Waals surface area (Å²) in [4.78, 5) is 4.17. The van der Waals surface area contributed by atoms with Crippen LogP contribution in [0, 0.1) is 0 Å². The molecule has 0 aliphatic heterocycles. The Labute approximate surface area is 108 Å². The van der Waals surface area contributed by atoms with E-state index in [2.05, 4.69) is 61.1 Å². The van der Waals surface area contributed by atoms with Crippen LogP contribution in [0.2, 0.25) is 0 Å². The molecule has 0 amide bonds. The van der Waals surface area contributed by atoms with E-state index in [1.165, 1.54) is 0 Å². The number of hydrogen-bond acceptors (Lipinski definition) is 3. The fourth-order valence-electron chi connectivity index (χ4n) is 1.86. The van der Waals surface area contributed by atoms with Crippen LogP contribution in [0.1, 0.15) is 50.6 Å². The minimum absolute atomic E-state index is 0.170. The average Bonchev–Trinajstić information content (AvgIpc) is 2.40. The van der Waals surface area contributed by atoms with E-state index in [0.717, 1.165) is 17.0 Å². The number of hydrogen-bond donors (Lipinski definition) is 0. The van der Waals surface area contributed by atoms with Gasteiger partial charge < -0.3 is 0 Å². The average molecular weight is 241 g/mol. The van der Waals surface area contributed by atoms with Gasteiger partial charge in [0.2, 0.25) is 0 Å². The van der Waals surface area contributed by atoms with Crippen molar-refractivity contribution >= 4 is 0 Å². The van der Waals surface area contributed by atoms with Crippen molar-refractivity contribution in [3.05, 3.63) is 53.6 Å². The van der Waals surface area contributed by atoms with Gasteiger partial charge in [-0.05, 0) is 29.7 Å². The molecule has 0 aromatic carbocycles. The van der Waals surface area contributed by atoms with Gasteiger partial charge in [0.1, 0.15) is 0 Å². The summed E-state index contributed by atoms with van der Waals surface area (Å²) in [7, 11) is 0. The Morgan fingerprint density at radius 1 is 1.06 bits per heavy atom. The normalized spacial score (nSPS) is 11.8. The Morgan fingerprint density at radius 3 is 2.33 bits per heavy atom. The second-order valence-corrected chi connectivity index (χ2v) is 5.36. The predicted molar refractivity (Wildman–Crippen MR) is 72.5 cm³/mol. The summed E-state index contributed by atoms with van der Waals surface area (Å²) in [6.45, 7) is 8.53. The molecule has 0 radical (unpaired) electrons. The van der Waals surface area contributed by atoms with Crippen molar-refractivity contribution in [2.24, 2.45) is 0 Å². The lowest BCUT2D eigenvalue weighted by atomic mass is 9.82. The maximum Gasteiger partial charge on any atom is 0.0731 e. The highest BCUT2D eigenvalue weighted by atomic mass is 15.1. The van der Waals surface area contributed by atoms with E-state index in [1.54, 1.807) is 6.20 Å². The molecule has 2 aromatic heterocycles. The van der Waals surface area contributed by atoms with Gasteiger partial charge in [-0.15, -0.1) is 0 Å². The molecular formula is C15H19N3. The van der Waals surface area contributed by atoms with Crippen molar-refractivity contribution in [1.82, 2.24) is 15.2 Å². The lowest BCUT2D eigenvalue weighted by Crippen LogP contribution is -2.21. The van der Waals surface area contributed by atoms with Gasteiger partial charge >= 0.3 is 0 Å². The smallest absolute Gasteiger partial charge is 0.0731 e.